The highest BCUT2D eigenvalue weighted by atomic mass is 79.9. The Morgan fingerprint density at radius 3 is 2.56 bits per heavy atom. The molecule has 0 radical (unpaired) electrons. The van der Waals surface area contributed by atoms with E-state index in [1.807, 2.05) is 20.8 Å². The van der Waals surface area contributed by atoms with Gasteiger partial charge in [0.25, 0.3) is 0 Å². The summed E-state index contributed by atoms with van der Waals surface area (Å²) in [4.78, 5) is 13.2. The lowest BCUT2D eigenvalue weighted by atomic mass is 10.2. The van der Waals surface area contributed by atoms with Gasteiger partial charge in [0.15, 0.2) is 0 Å². The number of ether oxygens (including phenoxy) is 1. The molecule has 100 valence electrons. The Bertz CT molecular complexity index is 443. The van der Waals surface area contributed by atoms with Crippen molar-refractivity contribution in [1.29, 1.82) is 0 Å². The van der Waals surface area contributed by atoms with Gasteiger partial charge in [-0.25, -0.2) is 9.18 Å². The summed E-state index contributed by atoms with van der Waals surface area (Å²) in [5, 5.41) is 0. The molecule has 0 aliphatic rings. The molecule has 0 N–H and O–H groups in total. The molecule has 0 spiro atoms. The second-order valence-corrected chi connectivity index (χ2v) is 5.94. The van der Waals surface area contributed by atoms with Crippen molar-refractivity contribution in [3.63, 3.8) is 0 Å². The van der Waals surface area contributed by atoms with E-state index in [4.69, 9.17) is 4.74 Å². The van der Waals surface area contributed by atoms with Crippen molar-refractivity contribution in [3.8, 4) is 0 Å². The van der Waals surface area contributed by atoms with Gasteiger partial charge in [-0.15, -0.1) is 0 Å². The zero-order valence-electron chi connectivity index (χ0n) is 11.0. The van der Waals surface area contributed by atoms with Crippen LogP contribution in [0.5, 0.6) is 0 Å². The Kier molecular flexibility index (Phi) is 4.73. The molecule has 0 aliphatic carbocycles. The zero-order valence-corrected chi connectivity index (χ0v) is 12.5. The van der Waals surface area contributed by atoms with Crippen LogP contribution in [-0.2, 0) is 11.3 Å². The molecule has 0 aromatic heterocycles. The largest absolute Gasteiger partial charge is 0.444 e. The van der Waals surface area contributed by atoms with Crippen LogP contribution in [0, 0.1) is 5.82 Å². The Hall–Kier alpha value is -1.10. The number of carbonyl (C=O) groups excluding carboxylic acids is 1. The SMILES string of the molecule is CN(Cc1ccc(F)c(Br)c1)C(=O)OC(C)(C)C. The fourth-order valence-electron chi connectivity index (χ4n) is 1.32. The van der Waals surface area contributed by atoms with Crippen LogP contribution in [0.15, 0.2) is 22.7 Å². The molecule has 5 heteroatoms. The van der Waals surface area contributed by atoms with E-state index in [1.54, 1.807) is 19.2 Å². The first kappa shape index (κ1) is 15.0. The highest BCUT2D eigenvalue weighted by Gasteiger charge is 2.19. The third-order valence-corrected chi connectivity index (χ3v) is 2.72. The molecule has 0 saturated heterocycles. The number of benzene rings is 1. The van der Waals surface area contributed by atoms with Crippen molar-refractivity contribution in [3.05, 3.63) is 34.1 Å². The van der Waals surface area contributed by atoms with Crippen LogP contribution in [0.2, 0.25) is 0 Å². The molecule has 1 amide bonds. The van der Waals surface area contributed by atoms with Gasteiger partial charge in [-0.3, -0.25) is 0 Å². The summed E-state index contributed by atoms with van der Waals surface area (Å²) < 4.78 is 18.7. The summed E-state index contributed by atoms with van der Waals surface area (Å²) in [5.74, 6) is -0.321. The third-order valence-electron chi connectivity index (χ3n) is 2.11. The summed E-state index contributed by atoms with van der Waals surface area (Å²) in [5.41, 5.74) is 0.311. The maximum atomic E-state index is 13.1. The normalized spacial score (nSPS) is 11.2. The lowest BCUT2D eigenvalue weighted by molar-refractivity contribution is 0.0285. The Balaban J connectivity index is 2.66. The maximum absolute atomic E-state index is 13.1. The summed E-state index contributed by atoms with van der Waals surface area (Å²) in [6.07, 6.45) is -0.400. The zero-order chi connectivity index (χ0) is 13.9. The summed E-state index contributed by atoms with van der Waals surface area (Å²) in [7, 11) is 1.64. The van der Waals surface area contributed by atoms with Crippen molar-refractivity contribution in [2.24, 2.45) is 0 Å². The molecule has 1 aromatic carbocycles. The Morgan fingerprint density at radius 2 is 2.06 bits per heavy atom. The molecular weight excluding hydrogens is 301 g/mol. The van der Waals surface area contributed by atoms with Crippen LogP contribution < -0.4 is 0 Å². The lowest BCUT2D eigenvalue weighted by Crippen LogP contribution is -2.33. The van der Waals surface area contributed by atoms with Crippen molar-refractivity contribution >= 4 is 22.0 Å². The molecule has 1 rings (SSSR count). The highest BCUT2D eigenvalue weighted by molar-refractivity contribution is 9.10. The van der Waals surface area contributed by atoms with Crippen LogP contribution in [0.25, 0.3) is 0 Å². The number of nitrogens with zero attached hydrogens (tertiary/aromatic N) is 1. The number of hydrogen-bond donors (Lipinski definition) is 0. The first-order valence-corrected chi connectivity index (χ1v) is 6.36. The first-order valence-electron chi connectivity index (χ1n) is 5.57. The predicted molar refractivity (Wildman–Crippen MR) is 71.8 cm³/mol. The van der Waals surface area contributed by atoms with Crippen LogP contribution in [-0.4, -0.2) is 23.6 Å². The summed E-state index contributed by atoms with van der Waals surface area (Å²) in [6.45, 7) is 5.81. The molecule has 1 aromatic rings. The highest BCUT2D eigenvalue weighted by Crippen LogP contribution is 2.18. The van der Waals surface area contributed by atoms with Crippen molar-refractivity contribution in [2.75, 3.05) is 7.05 Å². The quantitative estimate of drug-likeness (QED) is 0.826. The molecule has 0 aliphatic heterocycles. The molecule has 0 saturated carbocycles. The van der Waals surface area contributed by atoms with Crippen molar-refractivity contribution in [2.45, 2.75) is 32.9 Å². The Morgan fingerprint density at radius 1 is 1.44 bits per heavy atom. The topological polar surface area (TPSA) is 29.5 Å². The number of carbonyl (C=O) groups is 1. The number of hydrogen-bond acceptors (Lipinski definition) is 2. The van der Waals surface area contributed by atoms with Gasteiger partial charge in [-0.1, -0.05) is 6.07 Å². The number of rotatable bonds is 2. The van der Waals surface area contributed by atoms with Crippen LogP contribution in [0.1, 0.15) is 26.3 Å². The van der Waals surface area contributed by atoms with Crippen LogP contribution in [0.3, 0.4) is 0 Å². The van der Waals surface area contributed by atoms with Gasteiger partial charge in [-0.2, -0.15) is 0 Å². The molecule has 0 heterocycles. The second-order valence-electron chi connectivity index (χ2n) is 5.08. The molecule has 0 atom stereocenters. The summed E-state index contributed by atoms with van der Waals surface area (Å²) in [6, 6.07) is 4.65. The number of amides is 1. The van der Waals surface area contributed by atoms with Crippen molar-refractivity contribution in [1.82, 2.24) is 4.90 Å². The monoisotopic (exact) mass is 317 g/mol. The van der Waals surface area contributed by atoms with E-state index in [0.29, 0.717) is 11.0 Å². The fourth-order valence-corrected chi connectivity index (χ4v) is 1.74. The first-order chi connectivity index (χ1) is 8.19. The van der Waals surface area contributed by atoms with E-state index in [0.717, 1.165) is 5.56 Å². The minimum atomic E-state index is -0.519. The Labute approximate surface area is 115 Å². The van der Waals surface area contributed by atoms with Crippen molar-refractivity contribution < 1.29 is 13.9 Å². The molecule has 18 heavy (non-hydrogen) atoms. The molecule has 0 unspecified atom stereocenters. The van der Waals surface area contributed by atoms with E-state index in [9.17, 15) is 9.18 Å². The molecular formula is C13H17BrFNO2. The third kappa shape index (κ3) is 4.64. The van der Waals surface area contributed by atoms with Gasteiger partial charge in [0.1, 0.15) is 11.4 Å². The van der Waals surface area contributed by atoms with E-state index < -0.39 is 11.7 Å². The smallest absolute Gasteiger partial charge is 0.410 e. The van der Waals surface area contributed by atoms with Crippen LogP contribution in [0.4, 0.5) is 9.18 Å². The van der Waals surface area contributed by atoms with Gasteiger partial charge in [0.05, 0.1) is 4.47 Å². The van der Waals surface area contributed by atoms with E-state index in [-0.39, 0.29) is 5.82 Å². The lowest BCUT2D eigenvalue weighted by Gasteiger charge is -2.24. The van der Waals surface area contributed by atoms with Crippen LogP contribution >= 0.6 is 15.9 Å². The van der Waals surface area contributed by atoms with E-state index in [1.165, 1.54) is 11.0 Å². The summed E-state index contributed by atoms with van der Waals surface area (Å²) >= 11 is 3.11. The van der Waals surface area contributed by atoms with E-state index >= 15 is 0 Å². The molecule has 0 fully saturated rings. The average Bonchev–Trinajstić information content (AvgIpc) is 2.21. The van der Waals surface area contributed by atoms with Gasteiger partial charge < -0.3 is 9.64 Å². The average molecular weight is 318 g/mol. The fraction of sp³-hybridized carbons (Fsp3) is 0.462. The van der Waals surface area contributed by atoms with Gasteiger partial charge in [0, 0.05) is 13.6 Å². The van der Waals surface area contributed by atoms with E-state index in [2.05, 4.69) is 15.9 Å². The predicted octanol–water partition coefficient (Wildman–Crippen LogP) is 3.96. The standard InChI is InChI=1S/C13H17BrFNO2/c1-13(2,3)18-12(17)16(4)8-9-5-6-11(15)10(14)7-9/h5-7H,8H2,1-4H3. The maximum Gasteiger partial charge on any atom is 0.410 e. The van der Waals surface area contributed by atoms with Gasteiger partial charge >= 0.3 is 6.09 Å². The second kappa shape index (κ2) is 5.69. The number of halogens is 2. The molecule has 3 nitrogen and oxygen atoms in total. The molecule has 0 bridgehead atoms. The van der Waals surface area contributed by atoms with Gasteiger partial charge in [-0.05, 0) is 54.4 Å². The van der Waals surface area contributed by atoms with Gasteiger partial charge in [0.2, 0.25) is 0 Å². The minimum Gasteiger partial charge on any atom is -0.444 e. The minimum absolute atomic E-state index is 0.321.